The van der Waals surface area contributed by atoms with Crippen molar-refractivity contribution in [3.63, 3.8) is 0 Å². The first-order valence-corrected chi connectivity index (χ1v) is 7.05. The largest absolute Gasteiger partial charge is 0.467 e. The Hall–Kier alpha value is -1.33. The van der Waals surface area contributed by atoms with Crippen LogP contribution < -0.4 is 4.90 Å². The smallest absolute Gasteiger partial charge is 0.143 e. The van der Waals surface area contributed by atoms with Crippen LogP contribution in [0.3, 0.4) is 0 Å². The van der Waals surface area contributed by atoms with E-state index in [1.165, 1.54) is 0 Å². The molecule has 3 heterocycles. The van der Waals surface area contributed by atoms with Gasteiger partial charge >= 0.3 is 0 Å². The number of pyridine rings is 1. The molecule has 0 N–H and O–H groups in total. The van der Waals surface area contributed by atoms with Gasteiger partial charge in [-0.1, -0.05) is 0 Å². The normalized spacial score (nSPS) is 19.7. The van der Waals surface area contributed by atoms with Crippen LogP contribution in [-0.2, 0) is 4.74 Å². The van der Waals surface area contributed by atoms with E-state index >= 15 is 0 Å². The van der Waals surface area contributed by atoms with Gasteiger partial charge in [0, 0.05) is 12.7 Å². The maximum atomic E-state index is 5.76. The first-order valence-electron chi connectivity index (χ1n) is 6.26. The van der Waals surface area contributed by atoms with Crippen molar-refractivity contribution in [2.75, 3.05) is 24.6 Å². The van der Waals surface area contributed by atoms with E-state index in [0.29, 0.717) is 6.61 Å². The summed E-state index contributed by atoms with van der Waals surface area (Å²) in [6, 6.07) is 5.92. The van der Waals surface area contributed by atoms with Crippen LogP contribution in [0.4, 0.5) is 5.82 Å². The zero-order valence-corrected chi connectivity index (χ0v) is 12.3. The summed E-state index contributed by atoms with van der Waals surface area (Å²) < 4.78 is 12.2. The molecule has 3 rings (SSSR count). The van der Waals surface area contributed by atoms with Gasteiger partial charge in [0.15, 0.2) is 0 Å². The number of nitrogens with zero attached hydrogens (tertiary/aromatic N) is 2. The van der Waals surface area contributed by atoms with Gasteiger partial charge in [0.25, 0.3) is 0 Å². The molecule has 1 fully saturated rings. The lowest BCUT2D eigenvalue weighted by atomic mass is 10.2. The van der Waals surface area contributed by atoms with Gasteiger partial charge in [-0.15, -0.1) is 0 Å². The fourth-order valence-electron chi connectivity index (χ4n) is 2.25. The van der Waals surface area contributed by atoms with Crippen molar-refractivity contribution < 1.29 is 9.15 Å². The molecule has 1 atom stereocenters. The maximum absolute atomic E-state index is 5.76. The number of aryl methyl sites for hydroxylation is 1. The molecule has 100 valence electrons. The Morgan fingerprint density at radius 2 is 2.37 bits per heavy atom. The van der Waals surface area contributed by atoms with Gasteiger partial charge < -0.3 is 14.1 Å². The monoisotopic (exact) mass is 322 g/mol. The van der Waals surface area contributed by atoms with Crippen LogP contribution in [0.2, 0.25) is 0 Å². The van der Waals surface area contributed by atoms with Crippen molar-refractivity contribution in [3.8, 4) is 0 Å². The van der Waals surface area contributed by atoms with Gasteiger partial charge in [-0.3, -0.25) is 0 Å². The van der Waals surface area contributed by atoms with Crippen LogP contribution in [0.1, 0.15) is 17.4 Å². The Bertz CT molecular complexity index is 557. The number of morpholine rings is 1. The SMILES string of the molecule is Cc1cnc(N2CCO[C@H](c3ccco3)C2)c(Br)c1. The minimum Gasteiger partial charge on any atom is -0.467 e. The van der Waals surface area contributed by atoms with Crippen LogP contribution in [0.15, 0.2) is 39.5 Å². The highest BCUT2D eigenvalue weighted by Gasteiger charge is 2.25. The molecule has 1 saturated heterocycles. The molecular weight excluding hydrogens is 308 g/mol. The molecule has 0 amide bonds. The highest BCUT2D eigenvalue weighted by atomic mass is 79.9. The van der Waals surface area contributed by atoms with Crippen LogP contribution in [0, 0.1) is 6.92 Å². The zero-order chi connectivity index (χ0) is 13.2. The molecule has 5 heteroatoms. The maximum Gasteiger partial charge on any atom is 0.143 e. The summed E-state index contributed by atoms with van der Waals surface area (Å²) in [6.45, 7) is 4.30. The lowest BCUT2D eigenvalue weighted by Gasteiger charge is -2.33. The summed E-state index contributed by atoms with van der Waals surface area (Å²) in [7, 11) is 0. The summed E-state index contributed by atoms with van der Waals surface area (Å²) in [4.78, 5) is 6.73. The molecular formula is C14H15BrN2O2. The Morgan fingerprint density at radius 3 is 3.11 bits per heavy atom. The second kappa shape index (κ2) is 5.35. The van der Waals surface area contributed by atoms with Crippen LogP contribution >= 0.6 is 15.9 Å². The van der Waals surface area contributed by atoms with Crippen molar-refractivity contribution in [1.29, 1.82) is 0 Å². The van der Waals surface area contributed by atoms with Gasteiger partial charge in [0.05, 0.1) is 23.9 Å². The molecule has 19 heavy (non-hydrogen) atoms. The van der Waals surface area contributed by atoms with Crippen LogP contribution in [0.25, 0.3) is 0 Å². The van der Waals surface area contributed by atoms with Gasteiger partial charge in [0.1, 0.15) is 17.7 Å². The number of halogens is 1. The summed E-state index contributed by atoms with van der Waals surface area (Å²) in [5, 5.41) is 0. The molecule has 2 aromatic heterocycles. The van der Waals surface area contributed by atoms with Gasteiger partial charge in [0.2, 0.25) is 0 Å². The molecule has 1 aliphatic rings. The van der Waals surface area contributed by atoms with Crippen LogP contribution in [0.5, 0.6) is 0 Å². The number of anilines is 1. The summed E-state index contributed by atoms with van der Waals surface area (Å²) in [6.07, 6.45) is 3.54. The highest BCUT2D eigenvalue weighted by Crippen LogP contribution is 2.30. The number of furan rings is 1. The van der Waals surface area contributed by atoms with Crippen molar-refractivity contribution in [1.82, 2.24) is 4.98 Å². The Labute approximate surface area is 120 Å². The molecule has 0 saturated carbocycles. The summed E-state index contributed by atoms with van der Waals surface area (Å²) in [5.41, 5.74) is 1.14. The van der Waals surface area contributed by atoms with E-state index in [2.05, 4.69) is 31.9 Å². The molecule has 0 radical (unpaired) electrons. The third kappa shape index (κ3) is 2.67. The predicted molar refractivity (Wildman–Crippen MR) is 76.3 cm³/mol. The molecule has 0 aliphatic carbocycles. The lowest BCUT2D eigenvalue weighted by Crippen LogP contribution is -2.39. The molecule has 1 aliphatic heterocycles. The summed E-state index contributed by atoms with van der Waals surface area (Å²) in [5.74, 6) is 1.83. The number of ether oxygens (including phenoxy) is 1. The topological polar surface area (TPSA) is 38.5 Å². The first-order chi connectivity index (χ1) is 9.24. The Kier molecular flexibility index (Phi) is 3.57. The third-order valence-electron chi connectivity index (χ3n) is 3.18. The number of hydrogen-bond donors (Lipinski definition) is 0. The number of hydrogen-bond acceptors (Lipinski definition) is 4. The average Bonchev–Trinajstić information content (AvgIpc) is 2.93. The highest BCUT2D eigenvalue weighted by molar-refractivity contribution is 9.10. The standard InChI is InChI=1S/C14H15BrN2O2/c1-10-7-11(15)14(16-8-10)17-4-6-19-13(9-17)12-3-2-5-18-12/h2-3,5,7-8,13H,4,6,9H2,1H3/t13-/m0/s1. The molecule has 0 spiro atoms. The van der Waals surface area contributed by atoms with E-state index in [0.717, 1.165) is 34.7 Å². The van der Waals surface area contributed by atoms with E-state index in [4.69, 9.17) is 9.15 Å². The number of rotatable bonds is 2. The second-order valence-electron chi connectivity index (χ2n) is 4.64. The zero-order valence-electron chi connectivity index (χ0n) is 10.7. The first kappa shape index (κ1) is 12.7. The van der Waals surface area contributed by atoms with Gasteiger partial charge in [-0.05, 0) is 46.6 Å². The average molecular weight is 323 g/mol. The van der Waals surface area contributed by atoms with E-state index in [1.54, 1.807) is 6.26 Å². The van der Waals surface area contributed by atoms with E-state index < -0.39 is 0 Å². The minimum absolute atomic E-state index is 0.0289. The predicted octanol–water partition coefficient (Wildman–Crippen LogP) is 3.32. The molecule has 4 nitrogen and oxygen atoms in total. The van der Waals surface area contributed by atoms with Crippen molar-refractivity contribution in [2.45, 2.75) is 13.0 Å². The Morgan fingerprint density at radius 1 is 1.47 bits per heavy atom. The third-order valence-corrected chi connectivity index (χ3v) is 3.77. The van der Waals surface area contributed by atoms with Crippen molar-refractivity contribution in [3.05, 3.63) is 46.5 Å². The quantitative estimate of drug-likeness (QED) is 0.850. The Balaban J connectivity index is 1.81. The van der Waals surface area contributed by atoms with E-state index in [1.807, 2.05) is 25.3 Å². The minimum atomic E-state index is -0.0289. The van der Waals surface area contributed by atoms with E-state index in [9.17, 15) is 0 Å². The molecule has 0 bridgehead atoms. The number of aromatic nitrogens is 1. The fraction of sp³-hybridized carbons (Fsp3) is 0.357. The van der Waals surface area contributed by atoms with Crippen molar-refractivity contribution in [2.24, 2.45) is 0 Å². The second-order valence-corrected chi connectivity index (χ2v) is 5.49. The lowest BCUT2D eigenvalue weighted by molar-refractivity contribution is 0.0254. The molecule has 0 unspecified atom stereocenters. The molecule has 2 aromatic rings. The van der Waals surface area contributed by atoms with Gasteiger partial charge in [-0.25, -0.2) is 4.98 Å². The summed E-state index contributed by atoms with van der Waals surface area (Å²) >= 11 is 3.58. The van der Waals surface area contributed by atoms with Crippen molar-refractivity contribution >= 4 is 21.7 Å². The van der Waals surface area contributed by atoms with Gasteiger partial charge in [-0.2, -0.15) is 0 Å². The van der Waals surface area contributed by atoms with E-state index in [-0.39, 0.29) is 6.10 Å². The fourth-order valence-corrected chi connectivity index (χ4v) is 2.96. The molecule has 0 aromatic carbocycles. The van der Waals surface area contributed by atoms with Crippen LogP contribution in [-0.4, -0.2) is 24.7 Å².